The minimum Gasteiger partial charge on any atom is -0.477 e. The molecule has 0 radical (unpaired) electrons. The lowest BCUT2D eigenvalue weighted by Crippen LogP contribution is -2.71. The van der Waals surface area contributed by atoms with Gasteiger partial charge in [-0.1, -0.05) is 42.1 Å². The number of carbonyl (C=O) groups is 3. The van der Waals surface area contributed by atoms with E-state index in [-0.39, 0.29) is 34.5 Å². The number of nitrogens with zero attached hydrogens (tertiary/aromatic N) is 5. The van der Waals surface area contributed by atoms with Gasteiger partial charge in [0.15, 0.2) is 5.25 Å². The molecule has 2 aromatic rings. The number of thioether (sulfide) groups is 2. The van der Waals surface area contributed by atoms with Crippen molar-refractivity contribution in [2.75, 3.05) is 17.3 Å². The van der Waals surface area contributed by atoms with Crippen molar-refractivity contribution < 1.29 is 45.4 Å². The maximum Gasteiger partial charge on any atom is 0.352 e. The molecule has 3 heterocycles. The average Bonchev–Trinajstić information content (AvgIpc) is 3.31. The van der Waals surface area contributed by atoms with E-state index in [4.69, 9.17) is 4.55 Å². The summed E-state index contributed by atoms with van der Waals surface area (Å²) in [7, 11) is -9.15. The van der Waals surface area contributed by atoms with Gasteiger partial charge in [0.2, 0.25) is 11.1 Å². The molecule has 1 aromatic heterocycles. The number of aryl methyl sites for hydroxylation is 1. The monoisotopic (exact) mass is 620 g/mol. The zero-order valence-electron chi connectivity index (χ0n) is 19.5. The number of carboxylic acids is 1. The highest BCUT2D eigenvalue weighted by molar-refractivity contribution is 8.01. The van der Waals surface area contributed by atoms with E-state index in [0.717, 1.165) is 33.1 Å². The van der Waals surface area contributed by atoms with Crippen LogP contribution in [-0.2, 0) is 41.2 Å². The van der Waals surface area contributed by atoms with Gasteiger partial charge >= 0.3 is 5.97 Å². The Hall–Kier alpha value is -3.04. The van der Waals surface area contributed by atoms with Crippen LogP contribution in [0, 0.1) is 0 Å². The molecule has 4 N–H and O–H groups in total. The number of hydrogen-bond donors (Lipinski definition) is 4. The summed E-state index contributed by atoms with van der Waals surface area (Å²) in [6.07, 6.45) is 0. The van der Waals surface area contributed by atoms with Gasteiger partial charge in [0.1, 0.15) is 17.1 Å². The first-order valence-corrected chi connectivity index (χ1v) is 16.0. The van der Waals surface area contributed by atoms with Crippen LogP contribution in [-0.4, -0.2) is 103 Å². The second kappa shape index (κ2) is 11.2. The third-order valence-corrected chi connectivity index (χ3v) is 9.78. The summed E-state index contributed by atoms with van der Waals surface area (Å²) in [5.74, 6) is -3.80. The Morgan fingerprint density at radius 3 is 2.49 bits per heavy atom. The van der Waals surface area contributed by atoms with Crippen LogP contribution in [0.1, 0.15) is 10.8 Å². The zero-order chi connectivity index (χ0) is 28.5. The van der Waals surface area contributed by atoms with Gasteiger partial charge in [0, 0.05) is 11.5 Å². The minimum atomic E-state index is -4.89. The van der Waals surface area contributed by atoms with Gasteiger partial charge in [-0.3, -0.25) is 23.6 Å². The van der Waals surface area contributed by atoms with Crippen LogP contribution in [0.25, 0.3) is 0 Å². The number of carboxylic acid groups (broad SMARTS) is 1. The van der Waals surface area contributed by atoms with E-state index < -0.39 is 60.4 Å². The molecule has 2 aliphatic rings. The van der Waals surface area contributed by atoms with E-state index in [1.807, 2.05) is 0 Å². The molecule has 16 nitrogen and oxygen atoms in total. The number of β-lactam (4-membered cyclic amide) rings is 1. The van der Waals surface area contributed by atoms with Gasteiger partial charge in [-0.05, 0) is 21.6 Å². The summed E-state index contributed by atoms with van der Waals surface area (Å²) in [5, 5.41) is 20.3. The standard InChI is InChI=1S/C19H20N6O10S4/c26-15(14(39(33,34)35)10-4-2-1-3-5-10)20-12-16(27)25-13(18(28)29)11(8-36-17(12)25)9-37-19-21-22-23-24(19)6-7-38(30,31)32/h1-5,12,14,17H,6-9H2,(H,20,26)(H,28,29)(H,30,31,32)(H,33,34,35)/t12?,14?,17-/m1/s1. The number of aromatic nitrogens is 4. The molecule has 0 saturated carbocycles. The smallest absolute Gasteiger partial charge is 0.352 e. The van der Waals surface area contributed by atoms with Crippen molar-refractivity contribution in [3.05, 3.63) is 47.2 Å². The van der Waals surface area contributed by atoms with E-state index in [1.165, 1.54) is 24.3 Å². The molecular formula is C19H20N6O10S4. The molecule has 210 valence electrons. The van der Waals surface area contributed by atoms with E-state index in [2.05, 4.69) is 20.8 Å². The molecule has 1 aromatic carbocycles. The van der Waals surface area contributed by atoms with Gasteiger partial charge < -0.3 is 10.4 Å². The number of fused-ring (bicyclic) bond motifs is 1. The molecule has 39 heavy (non-hydrogen) atoms. The van der Waals surface area contributed by atoms with Crippen LogP contribution >= 0.6 is 23.5 Å². The second-order valence-electron chi connectivity index (χ2n) is 8.22. The lowest BCUT2D eigenvalue weighted by atomic mass is 10.0. The Labute approximate surface area is 229 Å². The SMILES string of the molecule is O=C(O)C1=C(CSc2nnnn2CCS(=O)(=O)O)CS[C@@H]2C(NC(=O)C(c3ccccc3)S(=O)(=O)O)C(=O)N12. The number of nitrogens with one attached hydrogen (secondary N) is 1. The van der Waals surface area contributed by atoms with Crippen LogP contribution in [0.3, 0.4) is 0 Å². The van der Waals surface area contributed by atoms with E-state index in [1.54, 1.807) is 6.07 Å². The highest BCUT2D eigenvalue weighted by Crippen LogP contribution is 2.41. The molecule has 4 rings (SSSR count). The molecule has 2 aliphatic heterocycles. The normalized spacial score (nSPS) is 20.3. The van der Waals surface area contributed by atoms with E-state index >= 15 is 0 Å². The third kappa shape index (κ3) is 6.41. The fourth-order valence-corrected chi connectivity index (χ4v) is 7.54. The molecule has 2 amide bonds. The Bertz CT molecular complexity index is 1540. The molecule has 1 saturated heterocycles. The van der Waals surface area contributed by atoms with Crippen molar-refractivity contribution in [2.24, 2.45) is 0 Å². The van der Waals surface area contributed by atoms with Crippen LogP contribution in [0.4, 0.5) is 0 Å². The first-order chi connectivity index (χ1) is 18.3. The van der Waals surface area contributed by atoms with E-state index in [0.29, 0.717) is 5.57 Å². The van der Waals surface area contributed by atoms with Crippen molar-refractivity contribution in [1.82, 2.24) is 30.4 Å². The summed E-state index contributed by atoms with van der Waals surface area (Å²) in [6.45, 7) is -0.241. The number of rotatable bonds is 11. The predicted molar refractivity (Wildman–Crippen MR) is 135 cm³/mol. The highest BCUT2D eigenvalue weighted by atomic mass is 32.2. The van der Waals surface area contributed by atoms with Gasteiger partial charge in [-0.15, -0.1) is 16.9 Å². The number of aliphatic carboxylic acids is 1. The van der Waals surface area contributed by atoms with Gasteiger partial charge in [-0.2, -0.15) is 16.8 Å². The number of amides is 2. The van der Waals surface area contributed by atoms with Gasteiger partial charge in [0.25, 0.3) is 26.1 Å². The molecular weight excluding hydrogens is 601 g/mol. The first-order valence-electron chi connectivity index (χ1n) is 10.8. The fourth-order valence-electron chi connectivity index (χ4n) is 3.90. The molecule has 0 aliphatic carbocycles. The summed E-state index contributed by atoms with van der Waals surface area (Å²) < 4.78 is 65.6. The lowest BCUT2D eigenvalue weighted by Gasteiger charge is -2.49. The predicted octanol–water partition coefficient (Wildman–Crippen LogP) is -0.979. The Balaban J connectivity index is 1.48. The number of tetrazole rings is 1. The van der Waals surface area contributed by atoms with Crippen LogP contribution < -0.4 is 5.32 Å². The van der Waals surface area contributed by atoms with Crippen molar-refractivity contribution in [3.63, 3.8) is 0 Å². The molecule has 0 bridgehead atoms. The average molecular weight is 621 g/mol. The molecule has 0 spiro atoms. The van der Waals surface area contributed by atoms with E-state index in [9.17, 15) is 40.9 Å². The Morgan fingerprint density at radius 2 is 1.87 bits per heavy atom. The lowest BCUT2D eigenvalue weighted by molar-refractivity contribution is -0.150. The van der Waals surface area contributed by atoms with Crippen LogP contribution in [0.2, 0.25) is 0 Å². The summed E-state index contributed by atoms with van der Waals surface area (Å²) in [4.78, 5) is 38.8. The zero-order valence-corrected chi connectivity index (χ0v) is 22.8. The largest absolute Gasteiger partial charge is 0.477 e. The quantitative estimate of drug-likeness (QED) is 0.134. The summed E-state index contributed by atoms with van der Waals surface area (Å²) in [5.41, 5.74) is 0.00573. The number of carbonyl (C=O) groups excluding carboxylic acids is 2. The second-order valence-corrected chi connectivity index (χ2v) is 13.3. The van der Waals surface area contributed by atoms with Crippen LogP contribution in [0.15, 0.2) is 46.8 Å². The summed E-state index contributed by atoms with van der Waals surface area (Å²) in [6, 6.07) is 5.97. The van der Waals surface area contributed by atoms with Gasteiger partial charge in [0.05, 0.1) is 12.3 Å². The topological polar surface area (TPSA) is 239 Å². The maximum absolute atomic E-state index is 12.9. The highest BCUT2D eigenvalue weighted by Gasteiger charge is 2.55. The number of benzene rings is 1. The fraction of sp³-hybridized carbons (Fsp3) is 0.368. The molecule has 1 fully saturated rings. The maximum atomic E-state index is 12.9. The van der Waals surface area contributed by atoms with Gasteiger partial charge in [-0.25, -0.2) is 9.48 Å². The molecule has 20 heteroatoms. The number of hydrogen-bond acceptors (Lipinski definition) is 12. The Morgan fingerprint density at radius 1 is 1.18 bits per heavy atom. The van der Waals surface area contributed by atoms with Crippen molar-refractivity contribution in [1.29, 1.82) is 0 Å². The molecule has 2 unspecified atom stereocenters. The Kier molecular flexibility index (Phi) is 8.33. The van der Waals surface area contributed by atoms with Crippen molar-refractivity contribution in [2.45, 2.75) is 28.4 Å². The summed E-state index contributed by atoms with van der Waals surface area (Å²) >= 11 is 2.13. The van der Waals surface area contributed by atoms with Crippen LogP contribution in [0.5, 0.6) is 0 Å². The third-order valence-electron chi connectivity index (χ3n) is 5.62. The molecule has 3 atom stereocenters. The van der Waals surface area contributed by atoms with Crippen molar-refractivity contribution in [3.8, 4) is 0 Å². The first kappa shape index (κ1) is 29.0. The minimum absolute atomic E-state index is 0.0122. The van der Waals surface area contributed by atoms with Crippen molar-refractivity contribution >= 4 is 61.5 Å².